The highest BCUT2D eigenvalue weighted by molar-refractivity contribution is 5.88. The van der Waals surface area contributed by atoms with Crippen molar-refractivity contribution in [2.24, 2.45) is 0 Å². The van der Waals surface area contributed by atoms with Crippen LogP contribution >= 0.6 is 0 Å². The molecule has 0 N–H and O–H groups in total. The van der Waals surface area contributed by atoms with Crippen molar-refractivity contribution < 1.29 is 9.53 Å². The van der Waals surface area contributed by atoms with Crippen LogP contribution in [0.4, 0.5) is 0 Å². The topological polar surface area (TPSA) is 26.3 Å². The number of Topliss-reactive ketones (excluding diaryl/α,β-unsaturated/α-hetero) is 1. The Morgan fingerprint density at radius 2 is 1.67 bits per heavy atom. The summed E-state index contributed by atoms with van der Waals surface area (Å²) in [6, 6.07) is 14.4. The van der Waals surface area contributed by atoms with Gasteiger partial charge in [-0.25, -0.2) is 0 Å². The maximum absolute atomic E-state index is 11.2. The second-order valence-electron chi connectivity index (χ2n) is 4.83. The van der Waals surface area contributed by atoms with Crippen molar-refractivity contribution in [2.75, 3.05) is 0 Å². The molecule has 1 fully saturated rings. The monoisotopic (exact) mass is 240 g/mol. The van der Waals surface area contributed by atoms with Gasteiger partial charge >= 0.3 is 0 Å². The van der Waals surface area contributed by atoms with E-state index in [1.807, 2.05) is 24.3 Å². The first-order valence-electron chi connectivity index (χ1n) is 6.49. The Morgan fingerprint density at radius 1 is 0.944 bits per heavy atom. The highest BCUT2D eigenvalue weighted by atomic mass is 16.5. The van der Waals surface area contributed by atoms with Crippen LogP contribution in [-0.4, -0.2) is 11.9 Å². The van der Waals surface area contributed by atoms with Crippen LogP contribution in [0.1, 0.15) is 25.7 Å². The van der Waals surface area contributed by atoms with Crippen molar-refractivity contribution in [3.05, 3.63) is 42.5 Å². The first kappa shape index (κ1) is 11.3. The molecule has 1 aliphatic carbocycles. The molecule has 3 rings (SSSR count). The maximum atomic E-state index is 11.2. The van der Waals surface area contributed by atoms with Crippen molar-refractivity contribution in [3.8, 4) is 5.75 Å². The normalized spacial score (nSPS) is 17.0. The SMILES string of the molecule is O=C1CCC(Oc2cccc3ccccc23)CC1. The summed E-state index contributed by atoms with van der Waals surface area (Å²) in [5.74, 6) is 1.31. The fraction of sp³-hybridized carbons (Fsp3) is 0.312. The first-order chi connectivity index (χ1) is 8.83. The second kappa shape index (κ2) is 4.81. The summed E-state index contributed by atoms with van der Waals surface area (Å²) in [4.78, 5) is 11.2. The Hall–Kier alpha value is -1.83. The highest BCUT2D eigenvalue weighted by Crippen LogP contribution is 2.28. The molecule has 0 unspecified atom stereocenters. The molecular weight excluding hydrogens is 224 g/mol. The molecule has 92 valence electrons. The molecule has 0 radical (unpaired) electrons. The predicted molar refractivity (Wildman–Crippen MR) is 71.8 cm³/mol. The van der Waals surface area contributed by atoms with E-state index in [1.165, 1.54) is 5.39 Å². The lowest BCUT2D eigenvalue weighted by Crippen LogP contribution is -2.24. The summed E-state index contributed by atoms with van der Waals surface area (Å²) in [7, 11) is 0. The number of hydrogen-bond acceptors (Lipinski definition) is 2. The molecule has 2 aromatic carbocycles. The van der Waals surface area contributed by atoms with Gasteiger partial charge in [0.25, 0.3) is 0 Å². The van der Waals surface area contributed by atoms with Gasteiger partial charge in [-0.05, 0) is 24.3 Å². The zero-order chi connectivity index (χ0) is 12.4. The number of benzene rings is 2. The quantitative estimate of drug-likeness (QED) is 0.799. The summed E-state index contributed by atoms with van der Waals surface area (Å²) in [6.07, 6.45) is 3.21. The van der Waals surface area contributed by atoms with Crippen LogP contribution in [0.25, 0.3) is 10.8 Å². The molecule has 0 bridgehead atoms. The van der Waals surface area contributed by atoms with Crippen molar-refractivity contribution in [2.45, 2.75) is 31.8 Å². The fourth-order valence-corrected chi connectivity index (χ4v) is 2.51. The van der Waals surface area contributed by atoms with Crippen LogP contribution in [-0.2, 0) is 4.79 Å². The van der Waals surface area contributed by atoms with Crippen molar-refractivity contribution in [1.82, 2.24) is 0 Å². The van der Waals surface area contributed by atoms with E-state index >= 15 is 0 Å². The van der Waals surface area contributed by atoms with Gasteiger partial charge in [0.15, 0.2) is 0 Å². The second-order valence-corrected chi connectivity index (χ2v) is 4.83. The molecule has 1 saturated carbocycles. The molecule has 1 aliphatic rings. The van der Waals surface area contributed by atoms with Crippen molar-refractivity contribution >= 4 is 16.6 Å². The maximum Gasteiger partial charge on any atom is 0.133 e. The summed E-state index contributed by atoms with van der Waals surface area (Å²) >= 11 is 0. The molecule has 0 saturated heterocycles. The zero-order valence-electron chi connectivity index (χ0n) is 10.3. The molecule has 2 nitrogen and oxygen atoms in total. The van der Waals surface area contributed by atoms with Gasteiger partial charge in [-0.1, -0.05) is 36.4 Å². The van der Waals surface area contributed by atoms with Gasteiger partial charge in [-0.3, -0.25) is 4.79 Å². The van der Waals surface area contributed by atoms with Gasteiger partial charge in [0.05, 0.1) is 6.10 Å². The number of fused-ring (bicyclic) bond motifs is 1. The smallest absolute Gasteiger partial charge is 0.133 e. The summed E-state index contributed by atoms with van der Waals surface area (Å²) < 4.78 is 6.06. The Kier molecular flexibility index (Phi) is 3.01. The molecular formula is C16H16O2. The summed E-state index contributed by atoms with van der Waals surface area (Å²) in [5, 5.41) is 2.35. The van der Waals surface area contributed by atoms with E-state index in [-0.39, 0.29) is 6.10 Å². The minimum Gasteiger partial charge on any atom is -0.490 e. The minimum absolute atomic E-state index is 0.188. The average molecular weight is 240 g/mol. The van der Waals surface area contributed by atoms with Crippen LogP contribution in [0.5, 0.6) is 5.75 Å². The number of ketones is 1. The minimum atomic E-state index is 0.188. The van der Waals surface area contributed by atoms with E-state index in [9.17, 15) is 4.79 Å². The lowest BCUT2D eigenvalue weighted by Gasteiger charge is -2.23. The van der Waals surface area contributed by atoms with E-state index in [0.717, 1.165) is 24.0 Å². The molecule has 0 aromatic heterocycles. The van der Waals surface area contributed by atoms with Crippen LogP contribution in [0.2, 0.25) is 0 Å². The largest absolute Gasteiger partial charge is 0.490 e. The van der Waals surface area contributed by atoms with E-state index in [4.69, 9.17) is 4.74 Å². The third kappa shape index (κ3) is 2.23. The Bertz CT molecular complexity index is 559. The number of hydrogen-bond donors (Lipinski definition) is 0. The fourth-order valence-electron chi connectivity index (χ4n) is 2.51. The van der Waals surface area contributed by atoms with E-state index < -0.39 is 0 Å². The van der Waals surface area contributed by atoms with Gasteiger partial charge in [0.2, 0.25) is 0 Å². The first-order valence-corrected chi connectivity index (χ1v) is 6.49. The Labute approximate surface area is 107 Å². The molecule has 0 heterocycles. The van der Waals surface area contributed by atoms with E-state index in [1.54, 1.807) is 0 Å². The Balaban J connectivity index is 1.84. The van der Waals surface area contributed by atoms with Gasteiger partial charge in [0.1, 0.15) is 11.5 Å². The van der Waals surface area contributed by atoms with E-state index in [2.05, 4.69) is 18.2 Å². The third-order valence-corrected chi connectivity index (χ3v) is 3.53. The van der Waals surface area contributed by atoms with Crippen LogP contribution in [0, 0.1) is 0 Å². The molecule has 18 heavy (non-hydrogen) atoms. The number of rotatable bonds is 2. The summed E-state index contributed by atoms with van der Waals surface area (Å²) in [6.45, 7) is 0. The lowest BCUT2D eigenvalue weighted by molar-refractivity contribution is -0.121. The molecule has 0 amide bonds. The standard InChI is InChI=1S/C16H16O2/c17-13-8-10-14(11-9-13)18-16-7-3-5-12-4-1-2-6-15(12)16/h1-7,14H,8-11H2. The molecule has 2 heteroatoms. The average Bonchev–Trinajstić information content (AvgIpc) is 2.42. The van der Waals surface area contributed by atoms with E-state index in [0.29, 0.717) is 18.6 Å². The lowest BCUT2D eigenvalue weighted by atomic mass is 9.96. The van der Waals surface area contributed by atoms with Crippen LogP contribution in [0.15, 0.2) is 42.5 Å². The third-order valence-electron chi connectivity index (χ3n) is 3.53. The molecule has 0 spiro atoms. The zero-order valence-corrected chi connectivity index (χ0v) is 10.3. The Morgan fingerprint density at radius 3 is 2.50 bits per heavy atom. The molecule has 2 aromatic rings. The number of carbonyl (C=O) groups is 1. The number of carbonyl (C=O) groups excluding carboxylic acids is 1. The van der Waals surface area contributed by atoms with Gasteiger partial charge in [-0.2, -0.15) is 0 Å². The highest BCUT2D eigenvalue weighted by Gasteiger charge is 2.20. The molecule has 0 aliphatic heterocycles. The van der Waals surface area contributed by atoms with Crippen LogP contribution < -0.4 is 4.74 Å². The predicted octanol–water partition coefficient (Wildman–Crippen LogP) is 3.73. The van der Waals surface area contributed by atoms with Crippen molar-refractivity contribution in [1.29, 1.82) is 0 Å². The summed E-state index contributed by atoms with van der Waals surface area (Å²) in [5.41, 5.74) is 0. The van der Waals surface area contributed by atoms with Gasteiger partial charge in [0, 0.05) is 18.2 Å². The number of ether oxygens (including phenoxy) is 1. The van der Waals surface area contributed by atoms with Gasteiger partial charge in [-0.15, -0.1) is 0 Å². The van der Waals surface area contributed by atoms with Crippen molar-refractivity contribution in [3.63, 3.8) is 0 Å². The van der Waals surface area contributed by atoms with Gasteiger partial charge < -0.3 is 4.74 Å². The van der Waals surface area contributed by atoms with Crippen LogP contribution in [0.3, 0.4) is 0 Å². The molecule has 0 atom stereocenters.